The third-order valence-electron chi connectivity index (χ3n) is 4.63. The average molecular weight is 246 g/mol. The van der Waals surface area contributed by atoms with Gasteiger partial charge in [0.1, 0.15) is 0 Å². The van der Waals surface area contributed by atoms with Crippen LogP contribution in [0.15, 0.2) is 18.2 Å². The van der Waals surface area contributed by atoms with E-state index in [1.54, 1.807) is 0 Å². The molecule has 2 nitrogen and oxygen atoms in total. The van der Waals surface area contributed by atoms with Crippen LogP contribution in [0.2, 0.25) is 0 Å². The molecule has 0 amide bonds. The molecule has 2 heteroatoms. The van der Waals surface area contributed by atoms with Gasteiger partial charge in [-0.25, -0.2) is 0 Å². The summed E-state index contributed by atoms with van der Waals surface area (Å²) in [5, 5.41) is 9.60. The van der Waals surface area contributed by atoms with Gasteiger partial charge in [0.2, 0.25) is 0 Å². The van der Waals surface area contributed by atoms with Crippen LogP contribution in [0, 0.1) is 25.7 Å². The molecular weight excluding hydrogens is 224 g/mol. The zero-order chi connectivity index (χ0) is 13.5. The number of carboxylic acid groups (broad SMARTS) is 1. The third kappa shape index (κ3) is 1.94. The van der Waals surface area contributed by atoms with Gasteiger partial charge in [-0.2, -0.15) is 0 Å². The predicted octanol–water partition coefficient (Wildman–Crippen LogP) is 3.69. The summed E-state index contributed by atoms with van der Waals surface area (Å²) >= 11 is 0. The van der Waals surface area contributed by atoms with Crippen LogP contribution in [0.3, 0.4) is 0 Å². The Kier molecular flexibility index (Phi) is 3.22. The molecule has 0 heterocycles. The maximum Gasteiger partial charge on any atom is 0.314 e. The van der Waals surface area contributed by atoms with Crippen LogP contribution < -0.4 is 0 Å². The monoisotopic (exact) mass is 246 g/mol. The zero-order valence-electron chi connectivity index (χ0n) is 11.7. The Morgan fingerprint density at radius 3 is 2.33 bits per heavy atom. The van der Waals surface area contributed by atoms with Crippen molar-refractivity contribution in [2.75, 3.05) is 0 Å². The summed E-state index contributed by atoms with van der Waals surface area (Å²) in [4.78, 5) is 11.7. The smallest absolute Gasteiger partial charge is 0.314 e. The third-order valence-corrected chi connectivity index (χ3v) is 4.63. The normalized spacial score (nSPS) is 27.1. The summed E-state index contributed by atoms with van der Waals surface area (Å²) in [5.41, 5.74) is 2.75. The van der Waals surface area contributed by atoms with Gasteiger partial charge in [-0.05, 0) is 55.2 Å². The number of hydrogen-bond donors (Lipinski definition) is 1. The second-order valence-electron chi connectivity index (χ2n) is 6.10. The highest BCUT2D eigenvalue weighted by molar-refractivity contribution is 5.83. The summed E-state index contributed by atoms with van der Waals surface area (Å²) in [6, 6.07) is 6.09. The van der Waals surface area contributed by atoms with Crippen LogP contribution in [0.25, 0.3) is 0 Å². The first kappa shape index (κ1) is 13.1. The van der Waals surface area contributed by atoms with Gasteiger partial charge in [0.15, 0.2) is 0 Å². The fourth-order valence-corrected chi connectivity index (χ4v) is 2.88. The highest BCUT2D eigenvalue weighted by Gasteiger charge is 2.52. The van der Waals surface area contributed by atoms with Gasteiger partial charge in [0, 0.05) is 0 Å². The van der Waals surface area contributed by atoms with Crippen LogP contribution in [0.5, 0.6) is 0 Å². The Labute approximate surface area is 109 Å². The second kappa shape index (κ2) is 4.42. The molecule has 0 spiro atoms. The number of aliphatic carboxylic acids is 1. The first-order valence-electron chi connectivity index (χ1n) is 6.68. The molecule has 1 N–H and O–H groups in total. The average Bonchev–Trinajstić information content (AvgIpc) is 2.20. The van der Waals surface area contributed by atoms with Crippen molar-refractivity contribution in [3.05, 3.63) is 34.9 Å². The van der Waals surface area contributed by atoms with E-state index >= 15 is 0 Å². The van der Waals surface area contributed by atoms with Crippen molar-refractivity contribution < 1.29 is 9.90 Å². The summed E-state index contributed by atoms with van der Waals surface area (Å²) in [7, 11) is 0. The van der Waals surface area contributed by atoms with Gasteiger partial charge in [-0.1, -0.05) is 32.0 Å². The summed E-state index contributed by atoms with van der Waals surface area (Å²) in [5.74, 6) is 0.453. The molecule has 0 atom stereocenters. The van der Waals surface area contributed by atoms with Gasteiger partial charge in [-0.3, -0.25) is 4.79 Å². The standard InChI is InChI=1S/C16H22O2/c1-10(2)13-8-16(9-13,15(17)18)14-6-5-11(3)12(4)7-14/h5-7,10,13H,8-9H2,1-4H3,(H,17,18). The fourth-order valence-electron chi connectivity index (χ4n) is 2.88. The topological polar surface area (TPSA) is 37.3 Å². The van der Waals surface area contributed by atoms with Crippen molar-refractivity contribution in [2.24, 2.45) is 11.8 Å². The molecule has 0 unspecified atom stereocenters. The van der Waals surface area contributed by atoms with Crippen molar-refractivity contribution in [2.45, 2.75) is 46.0 Å². The van der Waals surface area contributed by atoms with Crippen LogP contribution in [-0.4, -0.2) is 11.1 Å². The molecule has 0 aromatic heterocycles. The van der Waals surface area contributed by atoms with Crippen molar-refractivity contribution >= 4 is 5.97 Å². The molecule has 18 heavy (non-hydrogen) atoms. The van der Waals surface area contributed by atoms with Crippen LogP contribution in [0.1, 0.15) is 43.4 Å². The number of benzene rings is 1. The Bertz CT molecular complexity index is 468. The van der Waals surface area contributed by atoms with Gasteiger partial charge in [0.05, 0.1) is 5.41 Å². The summed E-state index contributed by atoms with van der Waals surface area (Å²) < 4.78 is 0. The summed E-state index contributed by atoms with van der Waals surface area (Å²) in [6.45, 7) is 8.46. The first-order valence-corrected chi connectivity index (χ1v) is 6.68. The van der Waals surface area contributed by atoms with E-state index in [1.165, 1.54) is 11.1 Å². The van der Waals surface area contributed by atoms with Crippen molar-refractivity contribution in [1.82, 2.24) is 0 Å². The number of carboxylic acids is 1. The van der Waals surface area contributed by atoms with E-state index in [-0.39, 0.29) is 0 Å². The summed E-state index contributed by atoms with van der Waals surface area (Å²) in [6.07, 6.45) is 1.56. The molecule has 1 aliphatic carbocycles. The Balaban J connectivity index is 2.33. The molecular formula is C16H22O2. The highest BCUT2D eigenvalue weighted by atomic mass is 16.4. The molecule has 0 saturated heterocycles. The minimum Gasteiger partial charge on any atom is -0.481 e. The van der Waals surface area contributed by atoms with Crippen LogP contribution in [0.4, 0.5) is 0 Å². The molecule has 1 saturated carbocycles. The highest BCUT2D eigenvalue weighted by Crippen LogP contribution is 2.51. The number of rotatable bonds is 3. The largest absolute Gasteiger partial charge is 0.481 e. The van der Waals surface area contributed by atoms with Crippen molar-refractivity contribution in [3.8, 4) is 0 Å². The minimum absolute atomic E-state index is 0.544. The SMILES string of the molecule is Cc1ccc(C2(C(=O)O)CC(C(C)C)C2)cc1C. The molecule has 0 radical (unpaired) electrons. The molecule has 0 bridgehead atoms. The van der Waals surface area contributed by atoms with E-state index in [2.05, 4.69) is 26.8 Å². The molecule has 98 valence electrons. The minimum atomic E-state index is -0.664. The van der Waals surface area contributed by atoms with Gasteiger partial charge >= 0.3 is 5.97 Å². The Morgan fingerprint density at radius 1 is 1.28 bits per heavy atom. The molecule has 1 aromatic rings. The molecule has 0 aliphatic heterocycles. The zero-order valence-corrected chi connectivity index (χ0v) is 11.7. The lowest BCUT2D eigenvalue weighted by atomic mass is 9.55. The predicted molar refractivity (Wildman–Crippen MR) is 72.8 cm³/mol. The molecule has 1 aliphatic rings. The number of aryl methyl sites for hydroxylation is 2. The quantitative estimate of drug-likeness (QED) is 0.883. The van der Waals surface area contributed by atoms with Crippen molar-refractivity contribution in [1.29, 1.82) is 0 Å². The van der Waals surface area contributed by atoms with Gasteiger partial charge in [0.25, 0.3) is 0 Å². The van der Waals surface area contributed by atoms with E-state index in [4.69, 9.17) is 0 Å². The fraction of sp³-hybridized carbons (Fsp3) is 0.562. The number of carbonyl (C=O) groups is 1. The maximum absolute atomic E-state index is 11.7. The van der Waals surface area contributed by atoms with E-state index < -0.39 is 11.4 Å². The van der Waals surface area contributed by atoms with Crippen LogP contribution in [-0.2, 0) is 10.2 Å². The van der Waals surface area contributed by atoms with Crippen molar-refractivity contribution in [3.63, 3.8) is 0 Å². The van der Waals surface area contributed by atoms with E-state index in [9.17, 15) is 9.90 Å². The van der Waals surface area contributed by atoms with Gasteiger partial charge < -0.3 is 5.11 Å². The van der Waals surface area contributed by atoms with Gasteiger partial charge in [-0.15, -0.1) is 0 Å². The Hall–Kier alpha value is -1.31. The maximum atomic E-state index is 11.7. The number of hydrogen-bond acceptors (Lipinski definition) is 1. The van der Waals surface area contributed by atoms with Crippen LogP contribution >= 0.6 is 0 Å². The lowest BCUT2D eigenvalue weighted by Gasteiger charge is -2.47. The molecule has 1 fully saturated rings. The van der Waals surface area contributed by atoms with E-state index in [1.807, 2.05) is 19.1 Å². The molecule has 2 rings (SSSR count). The Morgan fingerprint density at radius 2 is 1.89 bits per heavy atom. The lowest BCUT2D eigenvalue weighted by molar-refractivity contribution is -0.150. The second-order valence-corrected chi connectivity index (χ2v) is 6.10. The first-order chi connectivity index (χ1) is 8.36. The van der Waals surface area contributed by atoms with E-state index in [0.717, 1.165) is 18.4 Å². The van der Waals surface area contributed by atoms with E-state index in [0.29, 0.717) is 11.8 Å². The molecule has 1 aromatic carbocycles. The lowest BCUT2D eigenvalue weighted by Crippen LogP contribution is -2.49.